The first-order valence-corrected chi connectivity index (χ1v) is 16.9. The molecule has 0 unspecified atom stereocenters. The zero-order valence-corrected chi connectivity index (χ0v) is 26.9. The summed E-state index contributed by atoms with van der Waals surface area (Å²) in [5.74, 6) is 0. The van der Waals surface area contributed by atoms with Crippen LogP contribution in [0.5, 0.6) is 0 Å². The fourth-order valence-corrected chi connectivity index (χ4v) is 7.49. The summed E-state index contributed by atoms with van der Waals surface area (Å²) in [6.45, 7) is 0. The van der Waals surface area contributed by atoms with E-state index >= 15 is 0 Å². The number of benzene rings is 6. The highest BCUT2D eigenvalue weighted by Gasteiger charge is 2.19. The summed E-state index contributed by atoms with van der Waals surface area (Å²) in [5.41, 5.74) is 12.6. The van der Waals surface area contributed by atoms with Crippen LogP contribution in [0.25, 0.3) is 99.4 Å². The highest BCUT2D eigenvalue weighted by molar-refractivity contribution is 7.00. The molecule has 0 saturated heterocycles. The first-order valence-electron chi connectivity index (χ1n) is 16.2. The fraction of sp³-hybridized carbons (Fsp3) is 0. The summed E-state index contributed by atoms with van der Waals surface area (Å²) in [6.07, 6.45) is 0. The molecule has 4 aromatic heterocycles. The van der Waals surface area contributed by atoms with Crippen molar-refractivity contribution in [2.75, 3.05) is 0 Å². The van der Waals surface area contributed by atoms with E-state index in [2.05, 4.69) is 121 Å². The summed E-state index contributed by atoms with van der Waals surface area (Å²) in [6, 6.07) is 52.5. The van der Waals surface area contributed by atoms with Gasteiger partial charge in [0, 0.05) is 49.2 Å². The number of nitrogens with zero attached hydrogens (tertiary/aromatic N) is 5. The lowest BCUT2D eigenvalue weighted by Gasteiger charge is -2.13. The van der Waals surface area contributed by atoms with Crippen molar-refractivity contribution in [1.82, 2.24) is 23.7 Å². The molecule has 0 radical (unpaired) electrons. The van der Waals surface area contributed by atoms with Crippen molar-refractivity contribution in [3.63, 3.8) is 0 Å². The maximum absolute atomic E-state index is 5.24. The monoisotopic (exact) mass is 643 g/mol. The van der Waals surface area contributed by atoms with E-state index in [1.165, 1.54) is 11.7 Å². The van der Waals surface area contributed by atoms with Gasteiger partial charge in [0.15, 0.2) is 0 Å². The number of para-hydroxylation sites is 1. The molecule has 0 atom stereocenters. The minimum Gasteiger partial charge on any atom is -0.247 e. The van der Waals surface area contributed by atoms with Gasteiger partial charge in [-0.05, 0) is 29.8 Å². The van der Waals surface area contributed by atoms with Gasteiger partial charge in [-0.1, -0.05) is 127 Å². The van der Waals surface area contributed by atoms with Crippen molar-refractivity contribution in [1.29, 1.82) is 0 Å². The fourth-order valence-electron chi connectivity index (χ4n) is 6.92. The van der Waals surface area contributed by atoms with Gasteiger partial charge in [0.05, 0.1) is 45.4 Å². The lowest BCUT2D eigenvalue weighted by Crippen LogP contribution is -1.93. The Morgan fingerprint density at radius 1 is 0.388 bits per heavy atom. The normalized spacial score (nSPS) is 11.7. The maximum atomic E-state index is 5.24. The molecule has 0 aliphatic carbocycles. The molecule has 0 saturated carbocycles. The molecule has 228 valence electrons. The first-order chi connectivity index (χ1) is 24.3. The lowest BCUT2D eigenvalue weighted by atomic mass is 9.93. The third kappa shape index (κ3) is 4.57. The van der Waals surface area contributed by atoms with E-state index in [1.54, 1.807) is 0 Å². The molecule has 0 bridgehead atoms. The van der Waals surface area contributed by atoms with Gasteiger partial charge in [-0.3, -0.25) is 0 Å². The van der Waals surface area contributed by atoms with Gasteiger partial charge in [0.1, 0.15) is 11.0 Å². The van der Waals surface area contributed by atoms with Gasteiger partial charge >= 0.3 is 0 Å². The van der Waals surface area contributed by atoms with Crippen molar-refractivity contribution in [2.45, 2.75) is 0 Å². The van der Waals surface area contributed by atoms with Crippen molar-refractivity contribution >= 4 is 66.2 Å². The minimum absolute atomic E-state index is 0.897. The van der Waals surface area contributed by atoms with Crippen LogP contribution in [-0.4, -0.2) is 23.7 Å². The lowest BCUT2D eigenvalue weighted by molar-refractivity contribution is 1.36. The van der Waals surface area contributed by atoms with Gasteiger partial charge < -0.3 is 0 Å². The van der Waals surface area contributed by atoms with Crippen molar-refractivity contribution in [3.05, 3.63) is 152 Å². The van der Waals surface area contributed by atoms with Crippen LogP contribution in [0.15, 0.2) is 152 Å². The predicted molar refractivity (Wildman–Crippen MR) is 203 cm³/mol. The van der Waals surface area contributed by atoms with Crippen LogP contribution in [0, 0.1) is 0 Å². The van der Waals surface area contributed by atoms with E-state index in [-0.39, 0.29) is 0 Å². The summed E-state index contributed by atoms with van der Waals surface area (Å²) in [5, 5.41) is 5.35. The number of aromatic nitrogens is 5. The quantitative estimate of drug-likeness (QED) is 0.179. The average Bonchev–Trinajstić information content (AvgIpc) is 3.68. The Hall–Kier alpha value is -6.37. The van der Waals surface area contributed by atoms with Crippen molar-refractivity contribution in [3.8, 4) is 44.9 Å². The molecule has 0 aliphatic rings. The molecule has 10 aromatic rings. The smallest absolute Gasteiger partial charge is 0.114 e. The molecule has 0 amide bonds. The Balaban J connectivity index is 1.13. The summed E-state index contributed by atoms with van der Waals surface area (Å²) >= 11 is 1.26. The van der Waals surface area contributed by atoms with Crippen molar-refractivity contribution < 1.29 is 0 Å². The van der Waals surface area contributed by atoms with E-state index in [1.807, 2.05) is 30.3 Å². The van der Waals surface area contributed by atoms with E-state index in [0.717, 1.165) is 99.4 Å². The summed E-state index contributed by atoms with van der Waals surface area (Å²) < 4.78 is 9.59. The Morgan fingerprint density at radius 3 is 1.63 bits per heavy atom. The maximum Gasteiger partial charge on any atom is 0.114 e. The Bertz CT molecular complexity index is 2870. The second-order valence-corrected chi connectivity index (χ2v) is 12.7. The number of rotatable bonds is 4. The zero-order chi connectivity index (χ0) is 32.3. The van der Waals surface area contributed by atoms with E-state index in [4.69, 9.17) is 23.7 Å². The molecule has 4 heterocycles. The van der Waals surface area contributed by atoms with Gasteiger partial charge in [-0.2, -0.15) is 8.75 Å². The number of fused-ring (bicyclic) bond motifs is 8. The first kappa shape index (κ1) is 27.7. The number of hydrogen-bond acceptors (Lipinski definition) is 6. The average molecular weight is 644 g/mol. The van der Waals surface area contributed by atoms with Crippen LogP contribution in [-0.2, 0) is 0 Å². The number of pyridine rings is 3. The molecule has 0 aliphatic heterocycles. The molecular formula is C43H25N5S. The van der Waals surface area contributed by atoms with Crippen LogP contribution in [0.2, 0.25) is 0 Å². The van der Waals surface area contributed by atoms with Crippen LogP contribution in [0.1, 0.15) is 0 Å². The summed E-state index contributed by atoms with van der Waals surface area (Å²) in [4.78, 5) is 15.5. The largest absolute Gasteiger partial charge is 0.247 e. The molecule has 0 fully saturated rings. The van der Waals surface area contributed by atoms with Gasteiger partial charge in [0.25, 0.3) is 0 Å². The van der Waals surface area contributed by atoms with Gasteiger partial charge in [-0.15, -0.1) is 0 Å². The van der Waals surface area contributed by atoms with Crippen LogP contribution < -0.4 is 0 Å². The third-order valence-electron chi connectivity index (χ3n) is 9.33. The molecule has 49 heavy (non-hydrogen) atoms. The predicted octanol–water partition coefficient (Wildman–Crippen LogP) is 11.2. The highest BCUT2D eigenvalue weighted by atomic mass is 32.1. The van der Waals surface area contributed by atoms with E-state index in [0.29, 0.717) is 0 Å². The standard InChI is InChI=1S/C43H25N5S/c1-3-9-26(10-4-1)33-25-34-38(43-42(33)47-49-48-43)32-13-7-8-14-37(32)46-39(34)29-17-15-28(16-18-29)36-24-22-31-20-19-30-21-23-35(27-11-5-2-6-12-27)44-40(30)41(31)45-36/h1-25H. The number of hydrogen-bond donors (Lipinski definition) is 0. The molecule has 10 rings (SSSR count). The Kier molecular flexibility index (Phi) is 6.29. The Morgan fingerprint density at radius 2 is 0.939 bits per heavy atom. The molecule has 0 spiro atoms. The van der Waals surface area contributed by atoms with Crippen molar-refractivity contribution in [2.24, 2.45) is 0 Å². The van der Waals surface area contributed by atoms with Gasteiger partial charge in [0.2, 0.25) is 0 Å². The topological polar surface area (TPSA) is 64.5 Å². The second-order valence-electron chi connectivity index (χ2n) is 12.2. The summed E-state index contributed by atoms with van der Waals surface area (Å²) in [7, 11) is 0. The molecule has 0 N–H and O–H groups in total. The second kappa shape index (κ2) is 11.1. The minimum atomic E-state index is 0.897. The third-order valence-corrected chi connectivity index (χ3v) is 9.86. The Labute approximate surface area is 285 Å². The molecule has 6 heteroatoms. The van der Waals surface area contributed by atoms with Gasteiger partial charge in [-0.25, -0.2) is 15.0 Å². The highest BCUT2D eigenvalue weighted by Crippen LogP contribution is 2.41. The zero-order valence-electron chi connectivity index (χ0n) is 26.1. The van der Waals surface area contributed by atoms with Crippen LogP contribution in [0.3, 0.4) is 0 Å². The van der Waals surface area contributed by atoms with E-state index in [9.17, 15) is 0 Å². The SMILES string of the molecule is c1ccc(-c2ccc3ccc4ccc(-c5ccc(-c6nc7ccccc7c7c6cc(-c6ccccc6)c6nsnc67)cc5)nc4c3n2)cc1. The van der Waals surface area contributed by atoms with E-state index < -0.39 is 0 Å². The van der Waals surface area contributed by atoms with Crippen LogP contribution >= 0.6 is 11.7 Å². The molecular weight excluding hydrogens is 619 g/mol. The molecule has 5 nitrogen and oxygen atoms in total. The molecule has 6 aromatic carbocycles. The van der Waals surface area contributed by atoms with Crippen LogP contribution in [0.4, 0.5) is 0 Å².